The molecule has 1 rings (SSSR count). The van der Waals surface area contributed by atoms with Crippen molar-refractivity contribution in [3.05, 3.63) is 42.8 Å². The molecular formula is C11H16NO2S. The third-order valence-corrected chi connectivity index (χ3v) is 3.49. The maximum atomic E-state index is 11.6. The quantitative estimate of drug-likeness (QED) is 0.831. The Morgan fingerprint density at radius 2 is 1.93 bits per heavy atom. The molecule has 0 amide bonds. The van der Waals surface area contributed by atoms with Crippen LogP contribution in [-0.2, 0) is 15.8 Å². The van der Waals surface area contributed by atoms with Crippen LogP contribution in [0.3, 0.4) is 0 Å². The lowest BCUT2D eigenvalue weighted by molar-refractivity contribution is 0.561. The van der Waals surface area contributed by atoms with Crippen LogP contribution < -0.4 is 4.72 Å². The molecule has 1 aromatic carbocycles. The van der Waals surface area contributed by atoms with Crippen LogP contribution in [-0.4, -0.2) is 14.5 Å². The number of rotatable bonds is 5. The zero-order valence-electron chi connectivity index (χ0n) is 8.81. The van der Waals surface area contributed by atoms with Crippen molar-refractivity contribution in [3.63, 3.8) is 0 Å². The summed E-state index contributed by atoms with van der Waals surface area (Å²) in [6.07, 6.45) is 0.550. The number of hydrogen-bond acceptors (Lipinski definition) is 2. The smallest absolute Gasteiger partial charge is 0.212 e. The summed E-state index contributed by atoms with van der Waals surface area (Å²) in [7, 11) is -3.24. The van der Waals surface area contributed by atoms with Gasteiger partial charge in [0.15, 0.2) is 0 Å². The summed E-state index contributed by atoms with van der Waals surface area (Å²) in [4.78, 5) is 0. The largest absolute Gasteiger partial charge is 0.216 e. The summed E-state index contributed by atoms with van der Waals surface area (Å²) in [6, 6.07) is 9.01. The summed E-state index contributed by atoms with van der Waals surface area (Å²) >= 11 is 0. The minimum Gasteiger partial charge on any atom is -0.212 e. The fourth-order valence-corrected chi connectivity index (χ4v) is 2.65. The summed E-state index contributed by atoms with van der Waals surface area (Å²) in [5.41, 5.74) is 0.793. The van der Waals surface area contributed by atoms with Crippen molar-refractivity contribution in [1.29, 1.82) is 0 Å². The topological polar surface area (TPSA) is 46.2 Å². The third-order valence-electron chi connectivity index (χ3n) is 2.01. The molecule has 0 aromatic heterocycles. The van der Waals surface area contributed by atoms with Gasteiger partial charge in [-0.1, -0.05) is 37.3 Å². The molecule has 3 nitrogen and oxygen atoms in total. The molecule has 0 aliphatic carbocycles. The Bertz CT molecular complexity index is 386. The molecule has 4 heteroatoms. The Morgan fingerprint density at radius 1 is 1.33 bits per heavy atom. The molecule has 15 heavy (non-hydrogen) atoms. The second-order valence-corrected chi connectivity index (χ2v) is 5.31. The van der Waals surface area contributed by atoms with E-state index in [-0.39, 0.29) is 11.8 Å². The third kappa shape index (κ3) is 4.44. The highest BCUT2D eigenvalue weighted by atomic mass is 32.2. The second-order valence-electron chi connectivity index (χ2n) is 3.55. The lowest BCUT2D eigenvalue weighted by atomic mass is 10.2. The molecule has 1 radical (unpaired) electrons. The Kier molecular flexibility index (Phi) is 4.29. The van der Waals surface area contributed by atoms with Crippen LogP contribution in [0.25, 0.3) is 0 Å². The van der Waals surface area contributed by atoms with E-state index in [2.05, 4.69) is 11.6 Å². The molecule has 1 aromatic rings. The Labute approximate surface area is 91.6 Å². The van der Waals surface area contributed by atoms with Crippen molar-refractivity contribution < 1.29 is 8.42 Å². The standard InChI is InChI=1S/C11H16NO2S/c1-3-10(2)12-15(13,14)9-11-7-5-4-6-8-11/h4-8,10,12H,1,3,9H2,2H3. The van der Waals surface area contributed by atoms with Crippen LogP contribution in [0.5, 0.6) is 0 Å². The maximum absolute atomic E-state index is 11.6. The van der Waals surface area contributed by atoms with Gasteiger partial charge in [0.05, 0.1) is 5.75 Å². The molecule has 0 spiro atoms. The number of nitrogens with one attached hydrogen (secondary N) is 1. The molecule has 0 heterocycles. The minimum atomic E-state index is -3.24. The maximum Gasteiger partial charge on any atom is 0.216 e. The van der Waals surface area contributed by atoms with Gasteiger partial charge < -0.3 is 0 Å². The molecule has 0 fully saturated rings. The highest BCUT2D eigenvalue weighted by Gasteiger charge is 2.13. The second kappa shape index (κ2) is 5.28. The Balaban J connectivity index is 2.65. The van der Waals surface area contributed by atoms with Gasteiger partial charge in [0, 0.05) is 6.04 Å². The predicted molar refractivity (Wildman–Crippen MR) is 61.6 cm³/mol. The molecule has 1 atom stereocenters. The van der Waals surface area contributed by atoms with Crippen LogP contribution in [0.4, 0.5) is 0 Å². The van der Waals surface area contributed by atoms with Gasteiger partial charge in [0.25, 0.3) is 0 Å². The van der Waals surface area contributed by atoms with Gasteiger partial charge in [0.2, 0.25) is 10.0 Å². The average molecular weight is 226 g/mol. The van der Waals surface area contributed by atoms with Crippen molar-refractivity contribution in [3.8, 4) is 0 Å². The van der Waals surface area contributed by atoms with Crippen molar-refractivity contribution in [2.75, 3.05) is 0 Å². The lowest BCUT2D eigenvalue weighted by Gasteiger charge is -2.11. The van der Waals surface area contributed by atoms with Crippen LogP contribution >= 0.6 is 0 Å². The van der Waals surface area contributed by atoms with Gasteiger partial charge in [-0.15, -0.1) is 0 Å². The lowest BCUT2D eigenvalue weighted by Crippen LogP contribution is -2.32. The first kappa shape index (κ1) is 12.2. The molecule has 0 saturated carbocycles. The van der Waals surface area contributed by atoms with Crippen LogP contribution in [0.2, 0.25) is 0 Å². The van der Waals surface area contributed by atoms with Crippen molar-refractivity contribution in [2.45, 2.75) is 25.1 Å². The number of benzene rings is 1. The van der Waals surface area contributed by atoms with E-state index < -0.39 is 10.0 Å². The molecule has 0 aliphatic heterocycles. The van der Waals surface area contributed by atoms with Gasteiger partial charge >= 0.3 is 0 Å². The zero-order chi connectivity index (χ0) is 11.3. The van der Waals surface area contributed by atoms with E-state index in [1.54, 1.807) is 19.1 Å². The SMILES string of the molecule is [CH2]CC(C)NS(=O)(=O)Cc1ccccc1. The number of sulfonamides is 1. The summed E-state index contributed by atoms with van der Waals surface area (Å²) in [5, 5.41) is 0. The fourth-order valence-electron chi connectivity index (χ4n) is 1.20. The van der Waals surface area contributed by atoms with Crippen molar-refractivity contribution in [2.24, 2.45) is 0 Å². The summed E-state index contributed by atoms with van der Waals surface area (Å²) in [6.45, 7) is 5.45. The molecule has 0 bridgehead atoms. The van der Waals surface area contributed by atoms with Crippen LogP contribution in [0.1, 0.15) is 18.9 Å². The predicted octanol–water partition coefficient (Wildman–Crippen LogP) is 1.72. The molecular weight excluding hydrogens is 210 g/mol. The van der Waals surface area contributed by atoms with E-state index in [0.717, 1.165) is 5.56 Å². The molecule has 1 unspecified atom stereocenters. The summed E-state index contributed by atoms with van der Waals surface area (Å²) in [5.74, 6) is 0.0260. The fraction of sp³-hybridized carbons (Fsp3) is 0.364. The first-order valence-corrected chi connectivity index (χ1v) is 6.52. The highest BCUT2D eigenvalue weighted by Crippen LogP contribution is 2.05. The Morgan fingerprint density at radius 3 is 2.47 bits per heavy atom. The molecule has 83 valence electrons. The van der Waals surface area contributed by atoms with Gasteiger partial charge in [-0.25, -0.2) is 13.1 Å². The Hall–Kier alpha value is -0.870. The monoisotopic (exact) mass is 226 g/mol. The van der Waals surface area contributed by atoms with E-state index in [1.165, 1.54) is 0 Å². The first-order valence-electron chi connectivity index (χ1n) is 4.86. The van der Waals surface area contributed by atoms with E-state index >= 15 is 0 Å². The van der Waals surface area contributed by atoms with Gasteiger partial charge in [0.1, 0.15) is 0 Å². The van der Waals surface area contributed by atoms with Crippen molar-refractivity contribution >= 4 is 10.0 Å². The molecule has 0 saturated heterocycles. The zero-order valence-corrected chi connectivity index (χ0v) is 9.63. The van der Waals surface area contributed by atoms with E-state index in [1.807, 2.05) is 18.2 Å². The van der Waals surface area contributed by atoms with Crippen LogP contribution in [0, 0.1) is 6.92 Å². The van der Waals surface area contributed by atoms with Gasteiger partial charge in [-0.2, -0.15) is 0 Å². The first-order chi connectivity index (χ1) is 7.03. The van der Waals surface area contributed by atoms with E-state index in [4.69, 9.17) is 0 Å². The minimum absolute atomic E-state index is 0.0260. The van der Waals surface area contributed by atoms with Crippen molar-refractivity contribution in [1.82, 2.24) is 4.72 Å². The highest BCUT2D eigenvalue weighted by molar-refractivity contribution is 7.88. The van der Waals surface area contributed by atoms with Crippen LogP contribution in [0.15, 0.2) is 30.3 Å². The average Bonchev–Trinajstić information content (AvgIpc) is 2.17. The normalized spacial score (nSPS) is 13.7. The van der Waals surface area contributed by atoms with Gasteiger partial charge in [-0.05, 0) is 18.9 Å². The summed E-state index contributed by atoms with van der Waals surface area (Å²) < 4.78 is 25.8. The molecule has 1 N–H and O–H groups in total. The van der Waals surface area contributed by atoms with E-state index in [9.17, 15) is 8.42 Å². The number of hydrogen-bond donors (Lipinski definition) is 1. The van der Waals surface area contributed by atoms with Gasteiger partial charge in [-0.3, -0.25) is 0 Å². The van der Waals surface area contributed by atoms with E-state index in [0.29, 0.717) is 6.42 Å². The molecule has 0 aliphatic rings.